The molecule has 0 unspecified atom stereocenters. The Kier molecular flexibility index (Phi) is 10.4. The van der Waals surface area contributed by atoms with Crippen molar-refractivity contribution in [3.63, 3.8) is 0 Å². The third kappa shape index (κ3) is 7.53. The molecule has 0 spiro atoms. The maximum atomic E-state index is 12.8. The van der Waals surface area contributed by atoms with Gasteiger partial charge in [-0.2, -0.15) is 0 Å². The normalized spacial score (nSPS) is 20.5. The maximum Gasteiger partial charge on any atom is 0.240 e. The minimum absolute atomic E-state index is 0.00353. The largest absolute Gasteiger partial charge is 0.392 e. The minimum atomic E-state index is -3.64. The van der Waals surface area contributed by atoms with Gasteiger partial charge in [-0.1, -0.05) is 104 Å². The first-order valence-electron chi connectivity index (χ1n) is 14.8. The molecule has 1 saturated heterocycles. The molecule has 5 rings (SSSR count). The van der Waals surface area contributed by atoms with Crippen molar-refractivity contribution < 1.29 is 23.0 Å². The summed E-state index contributed by atoms with van der Waals surface area (Å²) in [6.07, 6.45) is 1.04. The molecule has 1 aliphatic heterocycles. The van der Waals surface area contributed by atoms with E-state index >= 15 is 0 Å². The van der Waals surface area contributed by atoms with Gasteiger partial charge in [-0.25, -0.2) is 13.1 Å². The van der Waals surface area contributed by atoms with E-state index < -0.39 is 16.3 Å². The Morgan fingerprint density at radius 2 is 1.55 bits per heavy atom. The molecule has 1 heterocycles. The van der Waals surface area contributed by atoms with Gasteiger partial charge in [0.1, 0.15) is 0 Å². The number of sulfonamides is 1. The van der Waals surface area contributed by atoms with Gasteiger partial charge < -0.3 is 19.5 Å². The quantitative estimate of drug-likeness (QED) is 0.184. The summed E-state index contributed by atoms with van der Waals surface area (Å²) in [6, 6.07) is 32.1. The van der Waals surface area contributed by atoms with Crippen LogP contribution in [-0.2, 0) is 32.6 Å². The third-order valence-electron chi connectivity index (χ3n) is 8.07. The molecule has 0 bridgehead atoms. The summed E-state index contributed by atoms with van der Waals surface area (Å²) in [6.45, 7) is 7.66. The zero-order valence-electron chi connectivity index (χ0n) is 25.2. The summed E-state index contributed by atoms with van der Waals surface area (Å²) in [7, 11) is -1.58. The van der Waals surface area contributed by atoms with E-state index in [1.807, 2.05) is 78.9 Å². The topological polar surface area (TPSA) is 88.1 Å². The Balaban J connectivity index is 1.37. The second-order valence-corrected chi connectivity index (χ2v) is 13.0. The van der Waals surface area contributed by atoms with Crippen molar-refractivity contribution >= 4 is 10.0 Å². The number of benzene rings is 4. The van der Waals surface area contributed by atoms with Crippen LogP contribution < -0.4 is 4.72 Å². The van der Waals surface area contributed by atoms with Crippen molar-refractivity contribution in [3.05, 3.63) is 138 Å². The molecule has 4 atom stereocenters. The van der Waals surface area contributed by atoms with Crippen LogP contribution in [0.4, 0.5) is 0 Å². The smallest absolute Gasteiger partial charge is 0.240 e. The number of nitrogens with zero attached hydrogens (tertiary/aromatic N) is 1. The molecule has 0 radical (unpaired) electrons. The zero-order valence-corrected chi connectivity index (χ0v) is 26.0. The van der Waals surface area contributed by atoms with E-state index in [2.05, 4.69) is 30.2 Å². The molecule has 8 heteroatoms. The van der Waals surface area contributed by atoms with E-state index in [1.54, 1.807) is 30.3 Å². The molecule has 1 aliphatic rings. The molecule has 0 aliphatic carbocycles. The van der Waals surface area contributed by atoms with Crippen molar-refractivity contribution in [1.82, 2.24) is 9.62 Å². The number of ether oxygens (including phenoxy) is 2. The molecule has 1 fully saturated rings. The highest BCUT2D eigenvalue weighted by Gasteiger charge is 2.38. The van der Waals surface area contributed by atoms with Gasteiger partial charge in [0.05, 0.1) is 23.7 Å². The summed E-state index contributed by atoms with van der Waals surface area (Å²) in [4.78, 5) is 2.43. The van der Waals surface area contributed by atoms with Crippen LogP contribution in [0.25, 0.3) is 11.1 Å². The molecule has 0 amide bonds. The van der Waals surface area contributed by atoms with E-state index in [9.17, 15) is 13.5 Å². The van der Waals surface area contributed by atoms with Crippen LogP contribution in [0.5, 0.6) is 0 Å². The number of hydrogen-bond acceptors (Lipinski definition) is 6. The van der Waals surface area contributed by atoms with E-state index in [0.29, 0.717) is 0 Å². The van der Waals surface area contributed by atoms with Gasteiger partial charge in [-0.3, -0.25) is 0 Å². The van der Waals surface area contributed by atoms with Crippen LogP contribution in [-0.4, -0.2) is 44.7 Å². The minimum Gasteiger partial charge on any atom is -0.392 e. The Morgan fingerprint density at radius 1 is 0.886 bits per heavy atom. The molecule has 230 valence electrons. The Labute approximate surface area is 260 Å². The summed E-state index contributed by atoms with van der Waals surface area (Å²) in [5.41, 5.74) is 5.58. The number of nitrogens with one attached hydrogen (secondary N) is 1. The second kappa shape index (κ2) is 14.4. The first-order valence-corrected chi connectivity index (χ1v) is 16.3. The van der Waals surface area contributed by atoms with Crippen molar-refractivity contribution in [2.45, 2.75) is 43.5 Å². The predicted octanol–water partition coefficient (Wildman–Crippen LogP) is 6.23. The highest BCUT2D eigenvalue weighted by atomic mass is 32.2. The summed E-state index contributed by atoms with van der Waals surface area (Å²) < 4.78 is 41.6. The van der Waals surface area contributed by atoms with Gasteiger partial charge in [-0.05, 0) is 47.0 Å². The van der Waals surface area contributed by atoms with Gasteiger partial charge in [0, 0.05) is 31.1 Å². The lowest BCUT2D eigenvalue weighted by Crippen LogP contribution is -2.43. The van der Waals surface area contributed by atoms with Crippen molar-refractivity contribution in [1.29, 1.82) is 0 Å². The number of aliphatic hydroxyl groups excluding tert-OH is 1. The highest BCUT2D eigenvalue weighted by molar-refractivity contribution is 7.89. The van der Waals surface area contributed by atoms with Crippen LogP contribution >= 0.6 is 0 Å². The molecular formula is C36H40N2O5S. The molecule has 7 nitrogen and oxygen atoms in total. The number of rotatable bonds is 12. The zero-order chi connectivity index (χ0) is 31.1. The molecule has 44 heavy (non-hydrogen) atoms. The van der Waals surface area contributed by atoms with Crippen LogP contribution in [0.3, 0.4) is 0 Å². The lowest BCUT2D eigenvalue weighted by atomic mass is 9.90. The lowest BCUT2D eigenvalue weighted by Gasteiger charge is -2.42. The van der Waals surface area contributed by atoms with E-state index in [0.717, 1.165) is 46.5 Å². The van der Waals surface area contributed by atoms with Crippen molar-refractivity contribution in [3.8, 4) is 11.1 Å². The van der Waals surface area contributed by atoms with E-state index in [1.165, 1.54) is 0 Å². The maximum absolute atomic E-state index is 12.8. The van der Waals surface area contributed by atoms with E-state index in [-0.39, 0.29) is 36.2 Å². The monoisotopic (exact) mass is 612 g/mol. The average molecular weight is 613 g/mol. The molecule has 4 aromatic carbocycles. The van der Waals surface area contributed by atoms with Crippen molar-refractivity contribution in [2.75, 3.05) is 20.1 Å². The fraction of sp³-hybridized carbons (Fsp3) is 0.278. The summed E-state index contributed by atoms with van der Waals surface area (Å²) >= 11 is 0. The van der Waals surface area contributed by atoms with Crippen LogP contribution in [0.2, 0.25) is 0 Å². The molecule has 0 saturated carbocycles. The second-order valence-electron chi connectivity index (χ2n) is 11.2. The average Bonchev–Trinajstić information content (AvgIpc) is 3.05. The molecule has 4 aromatic rings. The molecular weight excluding hydrogens is 572 g/mol. The number of aliphatic hydroxyl groups is 1. The molecule has 2 N–H and O–H groups in total. The number of likely N-dealkylation sites (N-methyl/N-ethyl adjacent to an activating group) is 1. The fourth-order valence-corrected chi connectivity index (χ4v) is 6.59. The van der Waals surface area contributed by atoms with Crippen LogP contribution in [0, 0.1) is 5.92 Å². The Hall–Kier alpha value is -3.63. The molecule has 0 aromatic heterocycles. The Bertz CT molecular complexity index is 1630. The predicted molar refractivity (Wildman–Crippen MR) is 173 cm³/mol. The van der Waals surface area contributed by atoms with Gasteiger partial charge >= 0.3 is 0 Å². The van der Waals surface area contributed by atoms with E-state index in [4.69, 9.17) is 9.47 Å². The van der Waals surface area contributed by atoms with Crippen molar-refractivity contribution in [2.24, 2.45) is 5.92 Å². The number of hydrogen-bond donors (Lipinski definition) is 2. The third-order valence-corrected chi connectivity index (χ3v) is 9.49. The van der Waals surface area contributed by atoms with Gasteiger partial charge in [0.2, 0.25) is 10.0 Å². The van der Waals surface area contributed by atoms with Crippen LogP contribution in [0.15, 0.2) is 121 Å². The first kappa shape index (κ1) is 31.8. The van der Waals surface area contributed by atoms with Gasteiger partial charge in [-0.15, -0.1) is 6.58 Å². The fourth-order valence-electron chi connectivity index (χ4n) is 5.56. The summed E-state index contributed by atoms with van der Waals surface area (Å²) in [5.74, 6) is 0.0873. The van der Waals surface area contributed by atoms with Gasteiger partial charge in [0.15, 0.2) is 6.29 Å². The Morgan fingerprint density at radius 3 is 2.23 bits per heavy atom. The highest BCUT2D eigenvalue weighted by Crippen LogP contribution is 2.42. The first-order chi connectivity index (χ1) is 21.3. The standard InChI is InChI=1S/C36H40N2O5S/c1-4-22-38(3)24-34-26(2)35(29-16-14-27(25-39)15-17-29)43-36(42-34)30-20-18-28(19-21-30)33-13-9-8-10-31(33)23-37-44(40,41)32-11-6-5-7-12-32/h4-21,26,34-37,39H,1,22-25H2,2-3H3/t26-,34+,35+,36+/m1/s1. The van der Waals surface area contributed by atoms with Crippen LogP contribution in [0.1, 0.15) is 41.6 Å². The lowest BCUT2D eigenvalue weighted by molar-refractivity contribution is -0.275. The SMILES string of the molecule is C=CCN(C)C[C@@H]1O[C@H](c2ccc(-c3ccccc3CNS(=O)(=O)c3ccccc3)cc2)O[C@H](c2ccc(CO)cc2)[C@@H]1C. The van der Waals surface area contributed by atoms with Gasteiger partial charge in [0.25, 0.3) is 0 Å². The summed E-state index contributed by atoms with van der Waals surface area (Å²) in [5, 5.41) is 9.51.